The third kappa shape index (κ3) is 2.17. The number of piperazine rings is 1. The second-order valence-electron chi connectivity index (χ2n) is 4.78. The van der Waals surface area contributed by atoms with Crippen molar-refractivity contribution in [3.63, 3.8) is 0 Å². The average molecular weight is 256 g/mol. The fraction of sp³-hybridized carbons (Fsp3) is 0.357. The molecule has 1 saturated heterocycles. The van der Waals surface area contributed by atoms with E-state index in [4.69, 9.17) is 0 Å². The molecule has 19 heavy (non-hydrogen) atoms. The van der Waals surface area contributed by atoms with E-state index in [-0.39, 0.29) is 11.9 Å². The van der Waals surface area contributed by atoms with Crippen molar-refractivity contribution in [2.75, 3.05) is 19.6 Å². The van der Waals surface area contributed by atoms with E-state index in [0.717, 1.165) is 25.2 Å². The number of hydrogen-bond acceptors (Lipinski definition) is 4. The van der Waals surface area contributed by atoms with Crippen LogP contribution in [0, 0.1) is 0 Å². The van der Waals surface area contributed by atoms with Crippen molar-refractivity contribution in [1.82, 2.24) is 20.2 Å². The number of hydrogen-bond donors (Lipinski definition) is 1. The maximum absolute atomic E-state index is 12.7. The molecule has 1 amide bonds. The molecule has 1 aromatic carbocycles. The van der Waals surface area contributed by atoms with Crippen LogP contribution in [0.15, 0.2) is 30.6 Å². The van der Waals surface area contributed by atoms with Crippen molar-refractivity contribution in [2.45, 2.75) is 13.0 Å². The fourth-order valence-electron chi connectivity index (χ4n) is 2.46. The van der Waals surface area contributed by atoms with Crippen molar-refractivity contribution in [3.05, 3.63) is 36.2 Å². The SMILES string of the molecule is CC1CNCCN1C(=O)c1cccc2nccnc12. The standard InChI is InChI=1S/C14H16N4O/c1-10-9-15-7-8-18(10)14(19)11-3-2-4-12-13(11)17-6-5-16-12/h2-6,10,15H,7-9H2,1H3. The largest absolute Gasteiger partial charge is 0.333 e. The first kappa shape index (κ1) is 12.0. The van der Waals surface area contributed by atoms with Gasteiger partial charge in [0.1, 0.15) is 5.52 Å². The van der Waals surface area contributed by atoms with Crippen LogP contribution in [-0.2, 0) is 0 Å². The number of fused-ring (bicyclic) bond motifs is 1. The topological polar surface area (TPSA) is 58.1 Å². The van der Waals surface area contributed by atoms with E-state index in [1.807, 2.05) is 23.1 Å². The summed E-state index contributed by atoms with van der Waals surface area (Å²) in [4.78, 5) is 23.1. The van der Waals surface area contributed by atoms with Crippen LogP contribution in [0.25, 0.3) is 11.0 Å². The first-order valence-corrected chi connectivity index (χ1v) is 6.49. The number of benzene rings is 1. The van der Waals surface area contributed by atoms with Gasteiger partial charge in [-0.15, -0.1) is 0 Å². The van der Waals surface area contributed by atoms with E-state index in [2.05, 4.69) is 22.2 Å². The number of para-hydroxylation sites is 1. The van der Waals surface area contributed by atoms with Crippen molar-refractivity contribution in [3.8, 4) is 0 Å². The molecule has 5 heteroatoms. The highest BCUT2D eigenvalue weighted by Gasteiger charge is 2.25. The molecule has 1 aliphatic rings. The molecule has 1 unspecified atom stereocenters. The van der Waals surface area contributed by atoms with Crippen LogP contribution >= 0.6 is 0 Å². The molecule has 0 bridgehead atoms. The van der Waals surface area contributed by atoms with E-state index in [9.17, 15) is 4.79 Å². The summed E-state index contributed by atoms with van der Waals surface area (Å²) in [5.74, 6) is 0.0418. The third-order valence-corrected chi connectivity index (χ3v) is 3.49. The Hall–Kier alpha value is -2.01. The van der Waals surface area contributed by atoms with E-state index in [0.29, 0.717) is 11.1 Å². The monoisotopic (exact) mass is 256 g/mol. The fourth-order valence-corrected chi connectivity index (χ4v) is 2.46. The number of nitrogens with one attached hydrogen (secondary N) is 1. The van der Waals surface area contributed by atoms with Crippen LogP contribution < -0.4 is 5.32 Å². The van der Waals surface area contributed by atoms with Crippen molar-refractivity contribution >= 4 is 16.9 Å². The average Bonchev–Trinajstić information content (AvgIpc) is 2.46. The highest BCUT2D eigenvalue weighted by molar-refractivity contribution is 6.04. The van der Waals surface area contributed by atoms with E-state index >= 15 is 0 Å². The molecular weight excluding hydrogens is 240 g/mol. The molecule has 1 atom stereocenters. The Bertz CT molecular complexity index is 608. The van der Waals surface area contributed by atoms with E-state index in [1.54, 1.807) is 12.4 Å². The number of carbonyl (C=O) groups excluding carboxylic acids is 1. The molecule has 1 aliphatic heterocycles. The number of nitrogens with zero attached hydrogens (tertiary/aromatic N) is 3. The summed E-state index contributed by atoms with van der Waals surface area (Å²) in [6.45, 7) is 4.46. The van der Waals surface area contributed by atoms with Gasteiger partial charge in [0.25, 0.3) is 5.91 Å². The maximum Gasteiger partial charge on any atom is 0.256 e. The summed E-state index contributed by atoms with van der Waals surface area (Å²) in [5.41, 5.74) is 2.08. The lowest BCUT2D eigenvalue weighted by Gasteiger charge is -2.34. The highest BCUT2D eigenvalue weighted by Crippen LogP contribution is 2.17. The normalized spacial score (nSPS) is 19.6. The molecule has 2 aromatic rings. The molecular formula is C14H16N4O. The molecule has 5 nitrogen and oxygen atoms in total. The summed E-state index contributed by atoms with van der Waals surface area (Å²) in [7, 11) is 0. The Labute approximate surface area is 111 Å². The summed E-state index contributed by atoms with van der Waals surface area (Å²) >= 11 is 0. The zero-order valence-electron chi connectivity index (χ0n) is 10.8. The van der Waals surface area contributed by atoms with Crippen molar-refractivity contribution < 1.29 is 4.79 Å². The van der Waals surface area contributed by atoms with E-state index < -0.39 is 0 Å². The number of amides is 1. The van der Waals surface area contributed by atoms with Gasteiger partial charge in [0.2, 0.25) is 0 Å². The van der Waals surface area contributed by atoms with E-state index in [1.165, 1.54) is 0 Å². The lowest BCUT2D eigenvalue weighted by atomic mass is 10.1. The Morgan fingerprint density at radius 2 is 2.21 bits per heavy atom. The van der Waals surface area contributed by atoms with Gasteiger partial charge in [0, 0.05) is 38.1 Å². The maximum atomic E-state index is 12.7. The summed E-state index contributed by atoms with van der Waals surface area (Å²) in [5, 5.41) is 3.29. The van der Waals surface area contributed by atoms with Crippen LogP contribution in [0.3, 0.4) is 0 Å². The Balaban J connectivity index is 2.01. The van der Waals surface area contributed by atoms with Gasteiger partial charge in [0.15, 0.2) is 0 Å². The van der Waals surface area contributed by atoms with Crippen LogP contribution in [-0.4, -0.2) is 46.5 Å². The highest BCUT2D eigenvalue weighted by atomic mass is 16.2. The Morgan fingerprint density at radius 3 is 3.05 bits per heavy atom. The second-order valence-corrected chi connectivity index (χ2v) is 4.78. The molecule has 0 radical (unpaired) electrons. The predicted octanol–water partition coefficient (Wildman–Crippen LogP) is 1.06. The minimum absolute atomic E-state index is 0.0418. The Kier molecular flexibility index (Phi) is 3.13. The number of aromatic nitrogens is 2. The summed E-state index contributed by atoms with van der Waals surface area (Å²) in [6.07, 6.45) is 3.27. The minimum atomic E-state index is 0.0418. The second kappa shape index (κ2) is 4.93. The molecule has 1 N–H and O–H groups in total. The predicted molar refractivity (Wildman–Crippen MR) is 72.9 cm³/mol. The first-order chi connectivity index (χ1) is 9.27. The third-order valence-electron chi connectivity index (χ3n) is 3.49. The van der Waals surface area contributed by atoms with Crippen LogP contribution in [0.2, 0.25) is 0 Å². The molecule has 3 rings (SSSR count). The first-order valence-electron chi connectivity index (χ1n) is 6.49. The van der Waals surface area contributed by atoms with Gasteiger partial charge in [-0.3, -0.25) is 14.8 Å². The lowest BCUT2D eigenvalue weighted by Crippen LogP contribution is -2.52. The van der Waals surface area contributed by atoms with Crippen molar-refractivity contribution in [1.29, 1.82) is 0 Å². The number of carbonyl (C=O) groups is 1. The van der Waals surface area contributed by atoms with Crippen LogP contribution in [0.5, 0.6) is 0 Å². The van der Waals surface area contributed by atoms with Gasteiger partial charge in [0.05, 0.1) is 11.1 Å². The van der Waals surface area contributed by atoms with Crippen LogP contribution in [0.1, 0.15) is 17.3 Å². The number of rotatable bonds is 1. The minimum Gasteiger partial charge on any atom is -0.333 e. The molecule has 0 aliphatic carbocycles. The smallest absolute Gasteiger partial charge is 0.256 e. The van der Waals surface area contributed by atoms with Gasteiger partial charge >= 0.3 is 0 Å². The Morgan fingerprint density at radius 1 is 1.37 bits per heavy atom. The van der Waals surface area contributed by atoms with Crippen LogP contribution in [0.4, 0.5) is 0 Å². The zero-order valence-corrected chi connectivity index (χ0v) is 10.8. The molecule has 98 valence electrons. The molecule has 0 spiro atoms. The summed E-state index contributed by atoms with van der Waals surface area (Å²) in [6, 6.07) is 5.76. The quantitative estimate of drug-likeness (QED) is 0.829. The van der Waals surface area contributed by atoms with Gasteiger partial charge in [-0.05, 0) is 19.1 Å². The molecule has 0 saturated carbocycles. The zero-order chi connectivity index (χ0) is 13.2. The molecule has 2 heterocycles. The lowest BCUT2D eigenvalue weighted by molar-refractivity contribution is 0.0657. The van der Waals surface area contributed by atoms with Gasteiger partial charge in [-0.1, -0.05) is 6.07 Å². The van der Waals surface area contributed by atoms with Gasteiger partial charge < -0.3 is 10.2 Å². The summed E-state index contributed by atoms with van der Waals surface area (Å²) < 4.78 is 0. The van der Waals surface area contributed by atoms with Gasteiger partial charge in [-0.2, -0.15) is 0 Å². The molecule has 1 aromatic heterocycles. The van der Waals surface area contributed by atoms with Crippen molar-refractivity contribution in [2.24, 2.45) is 0 Å². The molecule has 1 fully saturated rings. The van der Waals surface area contributed by atoms with Gasteiger partial charge in [-0.25, -0.2) is 0 Å².